The van der Waals surface area contributed by atoms with Crippen molar-refractivity contribution in [1.29, 1.82) is 0 Å². The molecule has 1 rings (SSSR count). The molecule has 0 saturated carbocycles. The Balaban J connectivity index is 2.31. The van der Waals surface area contributed by atoms with E-state index >= 15 is 0 Å². The molecule has 1 unspecified atom stereocenters. The van der Waals surface area contributed by atoms with Crippen molar-refractivity contribution in [2.75, 3.05) is 0 Å². The summed E-state index contributed by atoms with van der Waals surface area (Å²) in [5.74, 6) is 0. The van der Waals surface area contributed by atoms with E-state index in [4.69, 9.17) is 0 Å². The molecule has 80 valence electrons. The van der Waals surface area contributed by atoms with Crippen LogP contribution in [0.2, 0.25) is 0 Å². The summed E-state index contributed by atoms with van der Waals surface area (Å²) in [5.41, 5.74) is 1.39. The van der Waals surface area contributed by atoms with Gasteiger partial charge >= 0.3 is 0 Å². The molecular weight excluding hydrogens is 258 g/mol. The SMILES string of the molecule is CCCC(CC)NCc1csc(Br)c1. The number of thiophene rings is 1. The number of rotatable bonds is 6. The minimum absolute atomic E-state index is 0.679. The monoisotopic (exact) mass is 275 g/mol. The zero-order chi connectivity index (χ0) is 10.4. The van der Waals surface area contributed by atoms with E-state index in [2.05, 4.69) is 46.5 Å². The van der Waals surface area contributed by atoms with Crippen LogP contribution >= 0.6 is 27.3 Å². The first kappa shape index (κ1) is 12.2. The molecule has 1 heterocycles. The molecule has 0 amide bonds. The van der Waals surface area contributed by atoms with Gasteiger partial charge in [-0.3, -0.25) is 0 Å². The van der Waals surface area contributed by atoms with Gasteiger partial charge in [0.15, 0.2) is 0 Å². The Morgan fingerprint density at radius 1 is 1.50 bits per heavy atom. The number of hydrogen-bond acceptors (Lipinski definition) is 2. The Kier molecular flexibility index (Phi) is 5.75. The van der Waals surface area contributed by atoms with E-state index in [1.807, 2.05) is 0 Å². The average molecular weight is 276 g/mol. The first-order chi connectivity index (χ1) is 6.76. The van der Waals surface area contributed by atoms with Crippen molar-refractivity contribution in [3.63, 3.8) is 0 Å². The average Bonchev–Trinajstić information content (AvgIpc) is 2.59. The van der Waals surface area contributed by atoms with Crippen LogP contribution in [-0.2, 0) is 6.54 Å². The molecule has 0 spiro atoms. The summed E-state index contributed by atoms with van der Waals surface area (Å²) >= 11 is 5.23. The fourth-order valence-corrected chi connectivity index (χ4v) is 2.71. The predicted molar refractivity (Wildman–Crippen MR) is 67.8 cm³/mol. The van der Waals surface area contributed by atoms with E-state index in [1.54, 1.807) is 11.3 Å². The van der Waals surface area contributed by atoms with E-state index in [0.717, 1.165) is 6.54 Å². The first-order valence-electron chi connectivity index (χ1n) is 5.22. The predicted octanol–water partition coefficient (Wildman–Crippen LogP) is 4.18. The summed E-state index contributed by atoms with van der Waals surface area (Å²) in [6, 6.07) is 2.87. The quantitative estimate of drug-likeness (QED) is 0.822. The molecule has 3 heteroatoms. The van der Waals surface area contributed by atoms with Gasteiger partial charge in [0.2, 0.25) is 0 Å². The van der Waals surface area contributed by atoms with Crippen LogP contribution in [0.3, 0.4) is 0 Å². The van der Waals surface area contributed by atoms with Crippen molar-refractivity contribution in [2.24, 2.45) is 0 Å². The fourth-order valence-electron chi connectivity index (χ4n) is 1.50. The minimum atomic E-state index is 0.679. The summed E-state index contributed by atoms with van der Waals surface area (Å²) < 4.78 is 1.22. The van der Waals surface area contributed by atoms with Gasteiger partial charge in [-0.15, -0.1) is 11.3 Å². The van der Waals surface area contributed by atoms with Gasteiger partial charge in [-0.2, -0.15) is 0 Å². The molecule has 0 aromatic carbocycles. The summed E-state index contributed by atoms with van der Waals surface area (Å²) in [6.07, 6.45) is 3.76. The van der Waals surface area contributed by atoms with E-state index in [1.165, 1.54) is 28.6 Å². The van der Waals surface area contributed by atoms with Crippen molar-refractivity contribution in [3.8, 4) is 0 Å². The Bertz CT molecular complexity index is 260. The van der Waals surface area contributed by atoms with Crippen LogP contribution in [0.5, 0.6) is 0 Å². The third kappa shape index (κ3) is 4.11. The fraction of sp³-hybridized carbons (Fsp3) is 0.636. The van der Waals surface area contributed by atoms with Gasteiger partial charge in [-0.1, -0.05) is 20.3 Å². The summed E-state index contributed by atoms with van der Waals surface area (Å²) in [6.45, 7) is 5.49. The summed E-state index contributed by atoms with van der Waals surface area (Å²) in [4.78, 5) is 0. The Morgan fingerprint density at radius 3 is 2.79 bits per heavy atom. The topological polar surface area (TPSA) is 12.0 Å². The maximum Gasteiger partial charge on any atom is 0.0701 e. The molecule has 1 aromatic rings. The third-order valence-electron chi connectivity index (χ3n) is 2.35. The lowest BCUT2D eigenvalue weighted by atomic mass is 10.1. The molecule has 1 aromatic heterocycles. The highest BCUT2D eigenvalue weighted by Crippen LogP contribution is 2.20. The normalized spacial score (nSPS) is 13.1. The lowest BCUT2D eigenvalue weighted by Crippen LogP contribution is -2.27. The van der Waals surface area contributed by atoms with Crippen molar-refractivity contribution < 1.29 is 0 Å². The van der Waals surface area contributed by atoms with Gasteiger partial charge in [-0.05, 0) is 45.8 Å². The van der Waals surface area contributed by atoms with Crippen molar-refractivity contribution in [2.45, 2.75) is 45.7 Å². The van der Waals surface area contributed by atoms with E-state index in [9.17, 15) is 0 Å². The number of hydrogen-bond donors (Lipinski definition) is 1. The van der Waals surface area contributed by atoms with E-state index in [-0.39, 0.29) is 0 Å². The maximum atomic E-state index is 3.59. The van der Waals surface area contributed by atoms with E-state index in [0.29, 0.717) is 6.04 Å². The largest absolute Gasteiger partial charge is 0.310 e. The molecule has 1 atom stereocenters. The Hall–Kier alpha value is 0.140. The van der Waals surface area contributed by atoms with Crippen LogP contribution in [0.25, 0.3) is 0 Å². The maximum absolute atomic E-state index is 3.59. The summed E-state index contributed by atoms with van der Waals surface area (Å²) in [5, 5.41) is 5.79. The Morgan fingerprint density at radius 2 is 2.29 bits per heavy atom. The molecule has 1 N–H and O–H groups in total. The lowest BCUT2D eigenvalue weighted by molar-refractivity contribution is 0.463. The van der Waals surface area contributed by atoms with Crippen LogP contribution in [0, 0.1) is 0 Å². The molecule has 1 nitrogen and oxygen atoms in total. The highest BCUT2D eigenvalue weighted by atomic mass is 79.9. The molecule has 0 aliphatic rings. The van der Waals surface area contributed by atoms with Gasteiger partial charge in [0.1, 0.15) is 0 Å². The second-order valence-electron chi connectivity index (χ2n) is 3.53. The number of nitrogens with one attached hydrogen (secondary N) is 1. The highest BCUT2D eigenvalue weighted by Gasteiger charge is 2.04. The molecule has 0 aliphatic carbocycles. The van der Waals surface area contributed by atoms with Gasteiger partial charge in [0.25, 0.3) is 0 Å². The van der Waals surface area contributed by atoms with Crippen LogP contribution in [0.4, 0.5) is 0 Å². The van der Waals surface area contributed by atoms with Gasteiger partial charge in [0, 0.05) is 12.6 Å². The van der Waals surface area contributed by atoms with Gasteiger partial charge in [0.05, 0.1) is 3.79 Å². The van der Waals surface area contributed by atoms with Crippen LogP contribution in [0.15, 0.2) is 15.2 Å². The first-order valence-corrected chi connectivity index (χ1v) is 6.89. The molecule has 0 saturated heterocycles. The molecule has 0 bridgehead atoms. The van der Waals surface area contributed by atoms with Crippen molar-refractivity contribution in [3.05, 3.63) is 20.8 Å². The van der Waals surface area contributed by atoms with Crippen LogP contribution in [-0.4, -0.2) is 6.04 Å². The third-order valence-corrected chi connectivity index (χ3v) is 3.90. The molecule has 0 aliphatic heterocycles. The van der Waals surface area contributed by atoms with E-state index < -0.39 is 0 Å². The van der Waals surface area contributed by atoms with Crippen LogP contribution in [0.1, 0.15) is 38.7 Å². The Labute approximate surface area is 99.0 Å². The molecular formula is C11H18BrNS. The van der Waals surface area contributed by atoms with Crippen molar-refractivity contribution in [1.82, 2.24) is 5.32 Å². The number of halogens is 1. The molecule has 14 heavy (non-hydrogen) atoms. The highest BCUT2D eigenvalue weighted by molar-refractivity contribution is 9.11. The smallest absolute Gasteiger partial charge is 0.0701 e. The standard InChI is InChI=1S/C11H18BrNS/c1-3-5-10(4-2)13-7-9-6-11(12)14-8-9/h6,8,10,13H,3-5,7H2,1-2H3. The molecule has 0 radical (unpaired) electrons. The van der Waals surface area contributed by atoms with Gasteiger partial charge < -0.3 is 5.32 Å². The zero-order valence-electron chi connectivity index (χ0n) is 8.85. The van der Waals surface area contributed by atoms with Crippen molar-refractivity contribution >= 4 is 27.3 Å². The second kappa shape index (κ2) is 6.59. The minimum Gasteiger partial charge on any atom is -0.310 e. The van der Waals surface area contributed by atoms with Crippen LogP contribution < -0.4 is 5.32 Å². The van der Waals surface area contributed by atoms with Gasteiger partial charge in [-0.25, -0.2) is 0 Å². The summed E-state index contributed by atoms with van der Waals surface area (Å²) in [7, 11) is 0. The zero-order valence-corrected chi connectivity index (χ0v) is 11.2. The second-order valence-corrected chi connectivity index (χ2v) is 5.82. The molecule has 0 fully saturated rings. The lowest BCUT2D eigenvalue weighted by Gasteiger charge is -2.15.